The average Bonchev–Trinajstić information content (AvgIpc) is 2.59. The van der Waals surface area contributed by atoms with Crippen LogP contribution in [0.2, 0.25) is 0 Å². The molecule has 0 atom stereocenters. The van der Waals surface area contributed by atoms with Crippen LogP contribution >= 0.6 is 0 Å². The standard InChI is InChI=1S/C17H17N4O5/c1-11(22)20(23)12-9-15-14(8-13(12)21(24)25)19(10-17(2,3)26-15)16-6-4-5-7-18-16/h4-9H,10H2,1-3H3/q-1. The molecule has 26 heavy (non-hydrogen) atoms. The minimum atomic E-state index is -0.857. The summed E-state index contributed by atoms with van der Waals surface area (Å²) >= 11 is 0. The highest BCUT2D eigenvalue weighted by Crippen LogP contribution is 2.46. The Labute approximate surface area is 149 Å². The zero-order chi connectivity index (χ0) is 19.1. The van der Waals surface area contributed by atoms with E-state index in [1.54, 1.807) is 23.2 Å². The van der Waals surface area contributed by atoms with Crippen LogP contribution in [-0.4, -0.2) is 28.0 Å². The number of ether oxygens (including phenoxy) is 1. The van der Waals surface area contributed by atoms with Crippen molar-refractivity contribution in [2.24, 2.45) is 0 Å². The molecule has 1 aliphatic heterocycles. The van der Waals surface area contributed by atoms with Crippen molar-refractivity contribution in [2.75, 3.05) is 16.5 Å². The van der Waals surface area contributed by atoms with Gasteiger partial charge in [-0.25, -0.2) is 4.98 Å². The summed E-state index contributed by atoms with van der Waals surface area (Å²) in [7, 11) is 0. The van der Waals surface area contributed by atoms with Gasteiger partial charge in [0, 0.05) is 25.3 Å². The third kappa shape index (κ3) is 3.16. The Kier molecular flexibility index (Phi) is 4.25. The van der Waals surface area contributed by atoms with Crippen molar-refractivity contribution in [3.8, 4) is 5.75 Å². The zero-order valence-corrected chi connectivity index (χ0v) is 14.5. The summed E-state index contributed by atoms with van der Waals surface area (Å²) in [4.78, 5) is 28.3. The first-order chi connectivity index (χ1) is 12.2. The molecule has 1 aromatic carbocycles. The van der Waals surface area contributed by atoms with E-state index in [1.165, 1.54) is 12.1 Å². The predicted octanol–water partition coefficient (Wildman–Crippen LogP) is 3.15. The molecule has 0 spiro atoms. The number of benzene rings is 1. The first-order valence-electron chi connectivity index (χ1n) is 7.87. The number of aromatic nitrogens is 1. The summed E-state index contributed by atoms with van der Waals surface area (Å²) < 4.78 is 5.91. The molecule has 0 bridgehead atoms. The highest BCUT2D eigenvalue weighted by molar-refractivity contribution is 5.96. The van der Waals surface area contributed by atoms with E-state index in [9.17, 15) is 20.1 Å². The van der Waals surface area contributed by atoms with Gasteiger partial charge in [0.25, 0.3) is 5.69 Å². The van der Waals surface area contributed by atoms with Gasteiger partial charge in [-0.1, -0.05) is 6.07 Å². The summed E-state index contributed by atoms with van der Waals surface area (Å²) in [6, 6.07) is 7.83. The Bertz CT molecular complexity index is 869. The van der Waals surface area contributed by atoms with E-state index in [1.807, 2.05) is 19.9 Å². The van der Waals surface area contributed by atoms with Crippen LogP contribution in [0.4, 0.5) is 22.9 Å². The average molecular weight is 357 g/mol. The van der Waals surface area contributed by atoms with E-state index >= 15 is 0 Å². The van der Waals surface area contributed by atoms with Crippen LogP contribution in [-0.2, 0) is 4.79 Å². The quantitative estimate of drug-likeness (QED) is 0.612. The fourth-order valence-corrected chi connectivity index (χ4v) is 2.83. The second-order valence-corrected chi connectivity index (χ2v) is 6.51. The number of rotatable bonds is 3. The van der Waals surface area contributed by atoms with Gasteiger partial charge >= 0.3 is 0 Å². The van der Waals surface area contributed by atoms with Crippen LogP contribution in [0.15, 0.2) is 36.5 Å². The van der Waals surface area contributed by atoms with Gasteiger partial charge in [0.1, 0.15) is 22.9 Å². The Balaban J connectivity index is 2.21. The number of hydroxylamine groups is 1. The molecule has 136 valence electrons. The van der Waals surface area contributed by atoms with Gasteiger partial charge in [-0.3, -0.25) is 14.9 Å². The second-order valence-electron chi connectivity index (χ2n) is 6.51. The van der Waals surface area contributed by atoms with Crippen molar-refractivity contribution in [3.05, 3.63) is 51.9 Å². The molecule has 1 amide bonds. The molecular weight excluding hydrogens is 340 g/mol. The number of hydrogen-bond donors (Lipinski definition) is 0. The van der Waals surface area contributed by atoms with Crippen molar-refractivity contribution in [1.29, 1.82) is 0 Å². The lowest BCUT2D eigenvalue weighted by atomic mass is 10.0. The third-order valence-corrected chi connectivity index (χ3v) is 3.90. The summed E-state index contributed by atoms with van der Waals surface area (Å²) in [6.45, 7) is 5.16. The number of anilines is 3. The molecule has 0 saturated heterocycles. The minimum absolute atomic E-state index is 0.00547. The first kappa shape index (κ1) is 17.6. The largest absolute Gasteiger partial charge is 0.752 e. The van der Waals surface area contributed by atoms with Gasteiger partial charge in [0.15, 0.2) is 0 Å². The van der Waals surface area contributed by atoms with Gasteiger partial charge in [0.05, 0.1) is 17.2 Å². The summed E-state index contributed by atoms with van der Waals surface area (Å²) in [5, 5.41) is 23.5. The normalized spacial score (nSPS) is 15.0. The van der Waals surface area contributed by atoms with E-state index in [2.05, 4.69) is 4.98 Å². The number of hydrogen-bond acceptors (Lipinski definition) is 7. The van der Waals surface area contributed by atoms with Gasteiger partial charge in [-0.2, -0.15) is 0 Å². The number of nitro groups is 1. The van der Waals surface area contributed by atoms with E-state index in [0.717, 1.165) is 6.92 Å². The first-order valence-corrected chi connectivity index (χ1v) is 7.87. The molecule has 0 aliphatic carbocycles. The van der Waals surface area contributed by atoms with Crippen molar-refractivity contribution in [2.45, 2.75) is 26.4 Å². The smallest absolute Gasteiger partial charge is 0.294 e. The maximum atomic E-state index is 12.0. The highest BCUT2D eigenvalue weighted by atomic mass is 16.6. The van der Waals surface area contributed by atoms with Crippen molar-refractivity contribution >= 4 is 28.8 Å². The molecule has 0 unspecified atom stereocenters. The number of nitrogens with zero attached hydrogens (tertiary/aromatic N) is 4. The lowest BCUT2D eigenvalue weighted by molar-refractivity contribution is -0.384. The molecule has 0 radical (unpaired) electrons. The van der Waals surface area contributed by atoms with E-state index < -0.39 is 22.1 Å². The molecule has 2 heterocycles. The van der Waals surface area contributed by atoms with Crippen LogP contribution in [0.5, 0.6) is 5.75 Å². The third-order valence-electron chi connectivity index (χ3n) is 3.90. The van der Waals surface area contributed by atoms with Crippen LogP contribution in [0, 0.1) is 15.3 Å². The monoisotopic (exact) mass is 357 g/mol. The molecule has 0 N–H and O–H groups in total. The Morgan fingerprint density at radius 1 is 1.38 bits per heavy atom. The fourth-order valence-electron chi connectivity index (χ4n) is 2.83. The number of pyridine rings is 1. The van der Waals surface area contributed by atoms with Crippen LogP contribution in [0.3, 0.4) is 0 Å². The Morgan fingerprint density at radius 3 is 2.69 bits per heavy atom. The number of carbonyl (C=O) groups is 1. The number of carbonyl (C=O) groups excluding carboxylic acids is 1. The number of nitro benzene ring substituents is 1. The maximum absolute atomic E-state index is 12.0. The van der Waals surface area contributed by atoms with Gasteiger partial charge in [0.2, 0.25) is 5.91 Å². The Hall–Kier alpha value is -3.20. The van der Waals surface area contributed by atoms with Crippen molar-refractivity contribution in [1.82, 2.24) is 4.98 Å². The van der Waals surface area contributed by atoms with E-state index in [4.69, 9.17) is 4.74 Å². The van der Waals surface area contributed by atoms with Crippen LogP contribution < -0.4 is 14.7 Å². The van der Waals surface area contributed by atoms with Crippen molar-refractivity contribution < 1.29 is 14.5 Å². The van der Waals surface area contributed by atoms with Gasteiger partial charge in [-0.15, -0.1) is 0 Å². The number of fused-ring (bicyclic) bond motifs is 1. The Morgan fingerprint density at radius 2 is 2.12 bits per heavy atom. The summed E-state index contributed by atoms with van der Waals surface area (Å²) in [6.07, 6.45) is 1.62. The zero-order valence-electron chi connectivity index (χ0n) is 14.5. The summed E-state index contributed by atoms with van der Waals surface area (Å²) in [5.41, 5.74) is -1.06. The van der Waals surface area contributed by atoms with Crippen molar-refractivity contribution in [3.63, 3.8) is 0 Å². The van der Waals surface area contributed by atoms with E-state index in [0.29, 0.717) is 18.1 Å². The molecule has 9 nitrogen and oxygen atoms in total. The summed E-state index contributed by atoms with van der Waals surface area (Å²) in [5.74, 6) is 0.0111. The highest BCUT2D eigenvalue weighted by Gasteiger charge is 2.35. The van der Waals surface area contributed by atoms with Gasteiger partial charge in [-0.05, 0) is 26.0 Å². The lowest BCUT2D eigenvalue weighted by Crippen LogP contribution is -2.45. The lowest BCUT2D eigenvalue weighted by Gasteiger charge is -2.41. The maximum Gasteiger partial charge on any atom is 0.294 e. The SMILES string of the molecule is CC(=O)N([O-])c1cc2c(cc1[N+](=O)[O-])N(c1ccccn1)CC(C)(C)O2. The van der Waals surface area contributed by atoms with E-state index in [-0.39, 0.29) is 16.5 Å². The minimum Gasteiger partial charge on any atom is -0.752 e. The number of amides is 1. The molecule has 3 rings (SSSR count). The second kappa shape index (κ2) is 6.26. The van der Waals surface area contributed by atoms with Crippen LogP contribution in [0.1, 0.15) is 20.8 Å². The molecule has 2 aromatic rings. The molecule has 0 saturated carbocycles. The molecule has 9 heteroatoms. The molecular formula is C17H17N4O5-. The van der Waals surface area contributed by atoms with Gasteiger partial charge < -0.3 is 19.9 Å². The molecule has 0 fully saturated rings. The molecule has 1 aliphatic rings. The fraction of sp³-hybridized carbons (Fsp3) is 0.294. The molecule has 1 aromatic heterocycles. The predicted molar refractivity (Wildman–Crippen MR) is 95.6 cm³/mol. The topological polar surface area (TPSA) is 112 Å². The van der Waals surface area contributed by atoms with Crippen LogP contribution in [0.25, 0.3) is 0 Å².